The molecule has 0 spiro atoms. The van der Waals surface area contributed by atoms with E-state index in [2.05, 4.69) is 26.5 Å². The van der Waals surface area contributed by atoms with Crippen LogP contribution in [0, 0.1) is 10.1 Å². The Hall–Kier alpha value is -3.57. The van der Waals surface area contributed by atoms with E-state index in [-0.39, 0.29) is 5.75 Å². The standard InChI is InChI=1S/C20H14BrN3O6S/c21-16-7-4-6-15(12-16)20(25)23-22-13-14-5-3-8-17(11-14)30-31(28,29)19-10-2-1-9-18(19)24(26)27/h1-13H,(H,23,25)/b22-13-. The van der Waals surface area contributed by atoms with Crippen molar-refractivity contribution in [3.63, 3.8) is 0 Å². The van der Waals surface area contributed by atoms with Gasteiger partial charge in [0.1, 0.15) is 5.75 Å². The normalized spacial score (nSPS) is 11.3. The molecule has 0 atom stereocenters. The Morgan fingerprint density at radius 1 is 1.06 bits per heavy atom. The van der Waals surface area contributed by atoms with Crippen LogP contribution in [0.15, 0.2) is 87.3 Å². The summed E-state index contributed by atoms with van der Waals surface area (Å²) in [5.41, 5.74) is 2.61. The lowest BCUT2D eigenvalue weighted by molar-refractivity contribution is -0.387. The molecule has 3 rings (SSSR count). The number of nitro groups is 1. The monoisotopic (exact) mass is 503 g/mol. The molecule has 158 valence electrons. The van der Waals surface area contributed by atoms with E-state index in [4.69, 9.17) is 4.18 Å². The van der Waals surface area contributed by atoms with Crippen molar-refractivity contribution >= 4 is 43.9 Å². The number of nitrogens with zero attached hydrogens (tertiary/aromatic N) is 2. The molecule has 0 aliphatic rings. The second-order valence-electron chi connectivity index (χ2n) is 6.04. The second kappa shape index (κ2) is 9.49. The Kier molecular flexibility index (Phi) is 6.78. The van der Waals surface area contributed by atoms with Gasteiger partial charge in [-0.1, -0.05) is 46.3 Å². The van der Waals surface area contributed by atoms with Gasteiger partial charge in [0.15, 0.2) is 4.90 Å². The number of rotatable bonds is 7. The summed E-state index contributed by atoms with van der Waals surface area (Å²) in [4.78, 5) is 21.8. The Balaban J connectivity index is 1.74. The molecule has 1 amide bonds. The number of benzene rings is 3. The van der Waals surface area contributed by atoms with Crippen molar-refractivity contribution in [1.29, 1.82) is 0 Å². The number of hydrogen-bond donors (Lipinski definition) is 1. The quantitative estimate of drug-likeness (QED) is 0.225. The lowest BCUT2D eigenvalue weighted by atomic mass is 10.2. The van der Waals surface area contributed by atoms with Crippen molar-refractivity contribution in [2.24, 2.45) is 5.10 Å². The fourth-order valence-corrected chi connectivity index (χ4v) is 3.99. The summed E-state index contributed by atoms with van der Waals surface area (Å²) in [6, 6.07) is 17.5. The van der Waals surface area contributed by atoms with Crippen LogP contribution in [0.1, 0.15) is 15.9 Å². The minimum atomic E-state index is -4.44. The first kappa shape index (κ1) is 22.1. The summed E-state index contributed by atoms with van der Waals surface area (Å²) >= 11 is 3.28. The largest absolute Gasteiger partial charge is 0.379 e. The van der Waals surface area contributed by atoms with Crippen LogP contribution >= 0.6 is 15.9 Å². The number of hydrogen-bond acceptors (Lipinski definition) is 7. The molecule has 0 unspecified atom stereocenters. The molecule has 0 saturated heterocycles. The summed E-state index contributed by atoms with van der Waals surface area (Å²) in [7, 11) is -4.44. The van der Waals surface area contributed by atoms with Crippen LogP contribution in [0.2, 0.25) is 0 Å². The van der Waals surface area contributed by atoms with Crippen LogP contribution in [-0.4, -0.2) is 25.5 Å². The van der Waals surface area contributed by atoms with E-state index in [9.17, 15) is 23.3 Å². The fraction of sp³-hybridized carbons (Fsp3) is 0. The first-order chi connectivity index (χ1) is 14.8. The molecule has 11 heteroatoms. The zero-order chi connectivity index (χ0) is 22.4. The Labute approximate surface area is 185 Å². The van der Waals surface area contributed by atoms with Gasteiger partial charge in [0.05, 0.1) is 11.1 Å². The summed E-state index contributed by atoms with van der Waals surface area (Å²) in [6.07, 6.45) is 1.31. The van der Waals surface area contributed by atoms with Crippen LogP contribution in [0.4, 0.5) is 5.69 Å². The molecule has 3 aromatic carbocycles. The molecule has 0 bridgehead atoms. The molecule has 9 nitrogen and oxygen atoms in total. The van der Waals surface area contributed by atoms with E-state index in [1.54, 1.807) is 30.3 Å². The van der Waals surface area contributed by atoms with Gasteiger partial charge in [-0.05, 0) is 42.0 Å². The highest BCUT2D eigenvalue weighted by atomic mass is 79.9. The van der Waals surface area contributed by atoms with E-state index < -0.39 is 31.5 Å². The van der Waals surface area contributed by atoms with Gasteiger partial charge in [0.25, 0.3) is 11.6 Å². The molecule has 0 fully saturated rings. The predicted molar refractivity (Wildman–Crippen MR) is 117 cm³/mol. The smallest absolute Gasteiger partial charge is 0.346 e. The third-order valence-corrected chi connectivity index (χ3v) is 5.65. The number of amides is 1. The van der Waals surface area contributed by atoms with E-state index in [0.29, 0.717) is 11.1 Å². The molecule has 0 aromatic heterocycles. The van der Waals surface area contributed by atoms with Crippen molar-refractivity contribution < 1.29 is 22.3 Å². The molecule has 3 aromatic rings. The van der Waals surface area contributed by atoms with Crippen molar-refractivity contribution in [2.75, 3.05) is 0 Å². The molecule has 1 N–H and O–H groups in total. The molecule has 0 heterocycles. The van der Waals surface area contributed by atoms with E-state index >= 15 is 0 Å². The minimum absolute atomic E-state index is 0.0691. The third-order valence-electron chi connectivity index (χ3n) is 3.86. The Bertz CT molecular complexity index is 1280. The SMILES string of the molecule is O=C(N/N=C\c1cccc(OS(=O)(=O)c2ccccc2[N+](=O)[O-])c1)c1cccc(Br)c1. The van der Waals surface area contributed by atoms with Crippen LogP contribution in [0.25, 0.3) is 0 Å². The Morgan fingerprint density at radius 2 is 1.81 bits per heavy atom. The molecule has 31 heavy (non-hydrogen) atoms. The summed E-state index contributed by atoms with van der Waals surface area (Å²) in [6.45, 7) is 0. The van der Waals surface area contributed by atoms with Crippen LogP contribution in [-0.2, 0) is 10.1 Å². The summed E-state index contributed by atoms with van der Waals surface area (Å²) in [5.74, 6) is -0.496. The number of carbonyl (C=O) groups excluding carboxylic acids is 1. The molecule has 0 radical (unpaired) electrons. The van der Waals surface area contributed by atoms with Gasteiger partial charge in [-0.2, -0.15) is 13.5 Å². The highest BCUT2D eigenvalue weighted by molar-refractivity contribution is 9.10. The average molecular weight is 504 g/mol. The number of nitrogens with one attached hydrogen (secondary N) is 1. The number of halogens is 1. The van der Waals surface area contributed by atoms with Crippen LogP contribution in [0.5, 0.6) is 5.75 Å². The maximum atomic E-state index is 12.5. The van der Waals surface area contributed by atoms with Crippen molar-refractivity contribution in [3.8, 4) is 5.75 Å². The fourth-order valence-electron chi connectivity index (χ4n) is 2.50. The average Bonchev–Trinajstić information content (AvgIpc) is 2.73. The first-order valence-corrected chi connectivity index (χ1v) is 10.8. The lowest BCUT2D eigenvalue weighted by Crippen LogP contribution is -2.17. The summed E-state index contributed by atoms with van der Waals surface area (Å²) < 4.78 is 30.8. The topological polar surface area (TPSA) is 128 Å². The maximum absolute atomic E-state index is 12.5. The molecule has 0 aliphatic carbocycles. The van der Waals surface area contributed by atoms with Gasteiger partial charge in [0.2, 0.25) is 0 Å². The van der Waals surface area contributed by atoms with Gasteiger partial charge >= 0.3 is 10.1 Å². The first-order valence-electron chi connectivity index (χ1n) is 8.63. The molecule has 0 aliphatic heterocycles. The van der Waals surface area contributed by atoms with Gasteiger partial charge in [0, 0.05) is 16.1 Å². The highest BCUT2D eigenvalue weighted by Crippen LogP contribution is 2.26. The number of nitro benzene ring substituents is 1. The zero-order valence-electron chi connectivity index (χ0n) is 15.6. The second-order valence-corrected chi connectivity index (χ2v) is 8.47. The molecular formula is C20H14BrN3O6S. The number of para-hydroxylation sites is 1. The third kappa shape index (κ3) is 5.74. The molecule has 0 saturated carbocycles. The van der Waals surface area contributed by atoms with Crippen LogP contribution < -0.4 is 9.61 Å². The van der Waals surface area contributed by atoms with Gasteiger partial charge in [-0.25, -0.2) is 5.43 Å². The van der Waals surface area contributed by atoms with Gasteiger partial charge in [-0.15, -0.1) is 0 Å². The molecular weight excluding hydrogens is 490 g/mol. The van der Waals surface area contributed by atoms with Crippen molar-refractivity contribution in [1.82, 2.24) is 5.43 Å². The van der Waals surface area contributed by atoms with Crippen molar-refractivity contribution in [3.05, 3.63) is 98.5 Å². The van der Waals surface area contributed by atoms with Gasteiger partial charge in [-0.3, -0.25) is 14.9 Å². The summed E-state index contributed by atoms with van der Waals surface area (Å²) in [5, 5.41) is 14.9. The number of carbonyl (C=O) groups is 1. The van der Waals surface area contributed by atoms with Crippen LogP contribution in [0.3, 0.4) is 0 Å². The van der Waals surface area contributed by atoms with E-state index in [0.717, 1.165) is 16.6 Å². The van der Waals surface area contributed by atoms with E-state index in [1.165, 1.54) is 36.5 Å². The Morgan fingerprint density at radius 3 is 2.55 bits per heavy atom. The van der Waals surface area contributed by atoms with E-state index in [1.807, 2.05) is 0 Å². The minimum Gasteiger partial charge on any atom is -0.379 e. The highest BCUT2D eigenvalue weighted by Gasteiger charge is 2.27. The zero-order valence-corrected chi connectivity index (χ0v) is 18.0. The van der Waals surface area contributed by atoms with Crippen molar-refractivity contribution in [2.45, 2.75) is 4.90 Å². The predicted octanol–water partition coefficient (Wildman–Crippen LogP) is 3.89. The van der Waals surface area contributed by atoms with Gasteiger partial charge < -0.3 is 4.18 Å². The maximum Gasteiger partial charge on any atom is 0.346 e. The number of hydrazone groups is 1. The lowest BCUT2D eigenvalue weighted by Gasteiger charge is -2.08.